The zero-order valence-corrected chi connectivity index (χ0v) is 12.0. The van der Waals surface area contributed by atoms with Gasteiger partial charge in [-0.25, -0.2) is 9.59 Å². The highest BCUT2D eigenvalue weighted by Gasteiger charge is 2.33. The number of carbonyl (C=O) groups excluding carboxylic acids is 2. The van der Waals surface area contributed by atoms with Crippen LogP contribution in [-0.4, -0.2) is 44.0 Å². The van der Waals surface area contributed by atoms with E-state index in [1.807, 2.05) is 0 Å². The fourth-order valence-electron chi connectivity index (χ4n) is 1.98. The maximum absolute atomic E-state index is 11.8. The zero-order valence-electron chi connectivity index (χ0n) is 12.0. The number of ether oxygens (including phenoxy) is 3. The summed E-state index contributed by atoms with van der Waals surface area (Å²) in [4.78, 5) is 23.5. The van der Waals surface area contributed by atoms with Crippen molar-refractivity contribution in [1.29, 1.82) is 0 Å². The molecule has 6 heteroatoms. The second kappa shape index (κ2) is 6.75. The Balaban J connectivity index is 2.64. The molecule has 0 aromatic rings. The first kappa shape index (κ1) is 15.8. The summed E-state index contributed by atoms with van der Waals surface area (Å²) >= 11 is 0. The van der Waals surface area contributed by atoms with Crippen LogP contribution in [0, 0.1) is 5.92 Å². The number of hydrogen-bond acceptors (Lipinski definition) is 5. The van der Waals surface area contributed by atoms with Gasteiger partial charge in [-0.2, -0.15) is 0 Å². The monoisotopic (exact) mass is 273 g/mol. The van der Waals surface area contributed by atoms with Crippen molar-refractivity contribution >= 4 is 12.1 Å². The summed E-state index contributed by atoms with van der Waals surface area (Å²) in [7, 11) is 1.31. The molecule has 1 aliphatic rings. The molecule has 1 aliphatic heterocycles. The van der Waals surface area contributed by atoms with Crippen molar-refractivity contribution in [2.45, 2.75) is 45.3 Å². The van der Waals surface area contributed by atoms with E-state index in [1.165, 1.54) is 7.11 Å². The van der Waals surface area contributed by atoms with Gasteiger partial charge in [-0.3, -0.25) is 0 Å². The van der Waals surface area contributed by atoms with E-state index in [0.717, 1.165) is 12.8 Å². The van der Waals surface area contributed by atoms with Crippen LogP contribution in [0.25, 0.3) is 0 Å². The maximum atomic E-state index is 11.8. The molecule has 0 aromatic heterocycles. The summed E-state index contributed by atoms with van der Waals surface area (Å²) in [6, 6.07) is -0.677. The van der Waals surface area contributed by atoms with Gasteiger partial charge in [-0.1, -0.05) is 0 Å². The topological polar surface area (TPSA) is 73.9 Å². The third-order valence-corrected chi connectivity index (χ3v) is 2.86. The van der Waals surface area contributed by atoms with Crippen LogP contribution in [0.3, 0.4) is 0 Å². The quantitative estimate of drug-likeness (QED) is 0.788. The van der Waals surface area contributed by atoms with Gasteiger partial charge in [0, 0.05) is 13.2 Å². The van der Waals surface area contributed by atoms with Gasteiger partial charge >= 0.3 is 12.1 Å². The zero-order chi connectivity index (χ0) is 14.5. The Hall–Kier alpha value is -1.30. The first-order valence-electron chi connectivity index (χ1n) is 6.48. The predicted molar refractivity (Wildman–Crippen MR) is 68.7 cm³/mol. The largest absolute Gasteiger partial charge is 0.467 e. The molecular weight excluding hydrogens is 250 g/mol. The Morgan fingerprint density at radius 3 is 2.32 bits per heavy atom. The SMILES string of the molecule is COC(=O)[C@H](NC(=O)OC(C)(C)C)C1CCOCC1. The Morgan fingerprint density at radius 1 is 1.26 bits per heavy atom. The molecule has 1 saturated heterocycles. The molecule has 0 aliphatic carbocycles. The molecule has 1 rings (SSSR count). The Labute approximate surface area is 113 Å². The van der Waals surface area contributed by atoms with Gasteiger partial charge in [-0.15, -0.1) is 0 Å². The van der Waals surface area contributed by atoms with E-state index < -0.39 is 23.7 Å². The Morgan fingerprint density at radius 2 is 1.84 bits per heavy atom. The smallest absolute Gasteiger partial charge is 0.408 e. The van der Waals surface area contributed by atoms with Crippen LogP contribution >= 0.6 is 0 Å². The molecule has 19 heavy (non-hydrogen) atoms. The van der Waals surface area contributed by atoms with E-state index in [4.69, 9.17) is 14.2 Å². The minimum Gasteiger partial charge on any atom is -0.467 e. The molecule has 0 saturated carbocycles. The lowest BCUT2D eigenvalue weighted by atomic mass is 9.92. The maximum Gasteiger partial charge on any atom is 0.408 e. The molecule has 110 valence electrons. The van der Waals surface area contributed by atoms with Crippen molar-refractivity contribution in [3.8, 4) is 0 Å². The summed E-state index contributed by atoms with van der Waals surface area (Å²) in [5, 5.41) is 2.60. The van der Waals surface area contributed by atoms with Crippen LogP contribution in [0.2, 0.25) is 0 Å². The van der Waals surface area contributed by atoms with Gasteiger partial charge in [0.1, 0.15) is 11.6 Å². The number of nitrogens with one attached hydrogen (secondary N) is 1. The fraction of sp³-hybridized carbons (Fsp3) is 0.846. The number of hydrogen-bond donors (Lipinski definition) is 1. The Bertz CT molecular complexity index is 317. The van der Waals surface area contributed by atoms with Crippen molar-refractivity contribution in [2.24, 2.45) is 5.92 Å². The molecule has 1 heterocycles. The molecular formula is C13H23NO5. The van der Waals surface area contributed by atoms with Crippen molar-refractivity contribution in [1.82, 2.24) is 5.32 Å². The molecule has 1 amide bonds. The summed E-state index contributed by atoms with van der Waals surface area (Å²) in [5.41, 5.74) is -0.597. The molecule has 1 atom stereocenters. The van der Waals surface area contributed by atoms with E-state index >= 15 is 0 Å². The normalized spacial score (nSPS) is 18.5. The lowest BCUT2D eigenvalue weighted by Crippen LogP contribution is -2.49. The molecule has 6 nitrogen and oxygen atoms in total. The van der Waals surface area contributed by atoms with E-state index in [0.29, 0.717) is 13.2 Å². The van der Waals surface area contributed by atoms with Crippen LogP contribution in [0.4, 0.5) is 4.79 Å². The lowest BCUT2D eigenvalue weighted by molar-refractivity contribution is -0.145. The molecule has 1 N–H and O–H groups in total. The van der Waals surface area contributed by atoms with Gasteiger partial charge < -0.3 is 19.5 Å². The molecule has 0 radical (unpaired) electrons. The van der Waals surface area contributed by atoms with E-state index in [1.54, 1.807) is 20.8 Å². The predicted octanol–water partition coefficient (Wildman–Crippen LogP) is 1.48. The van der Waals surface area contributed by atoms with E-state index in [9.17, 15) is 9.59 Å². The summed E-state index contributed by atoms with van der Waals surface area (Å²) in [5.74, 6) is -0.425. The number of esters is 1. The van der Waals surface area contributed by atoms with Gasteiger partial charge in [-0.05, 0) is 39.5 Å². The minimum absolute atomic E-state index is 0.0220. The van der Waals surface area contributed by atoms with Crippen LogP contribution in [-0.2, 0) is 19.0 Å². The summed E-state index contributed by atoms with van der Waals surface area (Å²) < 4.78 is 15.2. The first-order valence-corrected chi connectivity index (χ1v) is 6.48. The minimum atomic E-state index is -0.677. The van der Waals surface area contributed by atoms with E-state index in [-0.39, 0.29) is 5.92 Å². The van der Waals surface area contributed by atoms with Crippen LogP contribution in [0.1, 0.15) is 33.6 Å². The molecule has 1 fully saturated rings. The van der Waals surface area contributed by atoms with Crippen LogP contribution < -0.4 is 5.32 Å². The highest BCUT2D eigenvalue weighted by molar-refractivity contribution is 5.81. The van der Waals surface area contributed by atoms with Gasteiger partial charge in [0.15, 0.2) is 0 Å². The van der Waals surface area contributed by atoms with Crippen LogP contribution in [0.5, 0.6) is 0 Å². The van der Waals surface area contributed by atoms with Crippen molar-refractivity contribution in [3.63, 3.8) is 0 Å². The van der Waals surface area contributed by atoms with Crippen molar-refractivity contribution in [2.75, 3.05) is 20.3 Å². The number of amides is 1. The van der Waals surface area contributed by atoms with Crippen LogP contribution in [0.15, 0.2) is 0 Å². The van der Waals surface area contributed by atoms with E-state index in [2.05, 4.69) is 5.32 Å². The number of rotatable bonds is 3. The number of carbonyl (C=O) groups is 2. The second-order valence-corrected chi connectivity index (χ2v) is 5.60. The molecule has 0 bridgehead atoms. The Kier molecular flexibility index (Phi) is 5.60. The van der Waals surface area contributed by atoms with Gasteiger partial charge in [0.25, 0.3) is 0 Å². The average molecular weight is 273 g/mol. The number of alkyl carbamates (subject to hydrolysis) is 1. The lowest BCUT2D eigenvalue weighted by Gasteiger charge is -2.30. The summed E-state index contributed by atoms with van der Waals surface area (Å²) in [6.07, 6.45) is 0.833. The van der Waals surface area contributed by atoms with Gasteiger partial charge in [0.2, 0.25) is 0 Å². The van der Waals surface area contributed by atoms with Crippen molar-refractivity contribution < 1.29 is 23.8 Å². The third kappa shape index (κ3) is 5.46. The van der Waals surface area contributed by atoms with Crippen molar-refractivity contribution in [3.05, 3.63) is 0 Å². The highest BCUT2D eigenvalue weighted by atomic mass is 16.6. The average Bonchev–Trinajstić information content (AvgIpc) is 2.34. The first-order chi connectivity index (χ1) is 8.83. The molecule has 0 unspecified atom stereocenters. The fourth-order valence-corrected chi connectivity index (χ4v) is 1.98. The number of methoxy groups -OCH3 is 1. The molecule has 0 aromatic carbocycles. The highest BCUT2D eigenvalue weighted by Crippen LogP contribution is 2.20. The van der Waals surface area contributed by atoms with Gasteiger partial charge in [0.05, 0.1) is 7.11 Å². The summed E-state index contributed by atoms with van der Waals surface area (Å²) in [6.45, 7) is 6.50. The third-order valence-electron chi connectivity index (χ3n) is 2.86. The molecule has 0 spiro atoms. The standard InChI is InChI=1S/C13H23NO5/c1-13(2,3)19-12(16)14-10(11(15)17-4)9-5-7-18-8-6-9/h9-10H,5-8H2,1-4H3,(H,14,16)/t10-/m1/s1. The second-order valence-electron chi connectivity index (χ2n) is 5.60.